The van der Waals surface area contributed by atoms with Crippen molar-refractivity contribution in [3.05, 3.63) is 60.0 Å². The fraction of sp³-hybridized carbons (Fsp3) is 0.261. The van der Waals surface area contributed by atoms with Crippen LogP contribution in [-0.4, -0.2) is 71.6 Å². The zero-order valence-electron chi connectivity index (χ0n) is 19.4. The number of benzene rings is 2. The summed E-state index contributed by atoms with van der Waals surface area (Å²) >= 11 is 0. The van der Waals surface area contributed by atoms with Gasteiger partial charge in [0, 0.05) is 19.7 Å². The van der Waals surface area contributed by atoms with E-state index < -0.39 is 33.4 Å². The zero-order valence-corrected chi connectivity index (χ0v) is 21.0. The summed E-state index contributed by atoms with van der Waals surface area (Å²) < 4.78 is 57.8. The third-order valence-corrected chi connectivity index (χ3v) is 8.38. The number of para-hydroxylation sites is 2. The van der Waals surface area contributed by atoms with Gasteiger partial charge in [0.25, 0.3) is 10.0 Å². The molecule has 0 radical (unpaired) electrons. The van der Waals surface area contributed by atoms with Crippen molar-refractivity contribution < 1.29 is 36.7 Å². The van der Waals surface area contributed by atoms with Gasteiger partial charge in [0.15, 0.2) is 6.61 Å². The van der Waals surface area contributed by atoms with Crippen LogP contribution >= 0.6 is 0 Å². The summed E-state index contributed by atoms with van der Waals surface area (Å²) in [5.41, 5.74) is 0.994. The van der Waals surface area contributed by atoms with Crippen LogP contribution < -0.4 is 4.74 Å². The van der Waals surface area contributed by atoms with Gasteiger partial charge < -0.3 is 19.3 Å². The lowest BCUT2D eigenvalue weighted by atomic mass is 10.1. The summed E-state index contributed by atoms with van der Waals surface area (Å²) in [7, 11) is -3.17. The Morgan fingerprint density at radius 2 is 1.89 bits per heavy atom. The van der Waals surface area contributed by atoms with E-state index in [1.54, 1.807) is 30.5 Å². The summed E-state index contributed by atoms with van der Waals surface area (Å²) in [6.07, 6.45) is 1.75. The van der Waals surface area contributed by atoms with Gasteiger partial charge in [0.1, 0.15) is 17.6 Å². The molecule has 1 aromatic heterocycles. The highest BCUT2D eigenvalue weighted by Crippen LogP contribution is 2.28. The summed E-state index contributed by atoms with van der Waals surface area (Å²) in [6, 6.07) is 11.8. The molecule has 13 heteroatoms. The number of aromatic nitrogens is 2. The Kier molecular flexibility index (Phi) is 7.52. The predicted octanol–water partition coefficient (Wildman–Crippen LogP) is 2.19. The molecule has 1 aliphatic rings. The maximum absolute atomic E-state index is 13.7. The number of fused-ring (bicyclic) bond motifs is 1. The minimum Gasteiger partial charge on any atom is -0.496 e. The van der Waals surface area contributed by atoms with E-state index in [1.807, 2.05) is 0 Å². The van der Waals surface area contributed by atoms with Crippen molar-refractivity contribution in [3.8, 4) is 5.75 Å². The van der Waals surface area contributed by atoms with Crippen molar-refractivity contribution in [1.29, 1.82) is 0 Å². The summed E-state index contributed by atoms with van der Waals surface area (Å²) in [5.74, 6) is -0.678. The van der Waals surface area contributed by atoms with E-state index in [9.17, 15) is 17.4 Å². The van der Waals surface area contributed by atoms with Gasteiger partial charge in [-0.3, -0.25) is 9.20 Å². The second-order valence-corrected chi connectivity index (χ2v) is 10.7. The van der Waals surface area contributed by atoms with Crippen LogP contribution in [0.15, 0.2) is 75.0 Å². The second kappa shape index (κ2) is 10.6. The first-order valence-electron chi connectivity index (χ1n) is 10.6. The molecule has 36 heavy (non-hydrogen) atoms. The monoisotopic (exact) mass is 533 g/mol. The van der Waals surface area contributed by atoms with E-state index in [1.165, 1.54) is 38.5 Å². The van der Waals surface area contributed by atoms with E-state index in [-0.39, 0.29) is 33.2 Å². The van der Waals surface area contributed by atoms with Crippen LogP contribution in [0.4, 0.5) is 0 Å². The molecule has 2 atom stereocenters. The average Bonchev–Trinajstić information content (AvgIpc) is 3.28. The average molecular weight is 534 g/mol. The van der Waals surface area contributed by atoms with Gasteiger partial charge in [-0.1, -0.05) is 12.1 Å². The Hall–Kier alpha value is -3.55. The highest BCUT2D eigenvalue weighted by Gasteiger charge is 2.30. The number of ether oxygens (including phenoxy) is 3. The van der Waals surface area contributed by atoms with Crippen molar-refractivity contribution in [1.82, 2.24) is 8.96 Å². The number of carbonyl (C=O) groups is 1. The molecular weight excluding hydrogens is 510 g/mol. The lowest BCUT2D eigenvalue weighted by Crippen LogP contribution is -2.23. The van der Waals surface area contributed by atoms with Crippen LogP contribution in [0, 0.1) is 0 Å². The van der Waals surface area contributed by atoms with Crippen LogP contribution in [0.1, 0.15) is 6.42 Å². The van der Waals surface area contributed by atoms with Crippen LogP contribution in [0.2, 0.25) is 0 Å². The van der Waals surface area contributed by atoms with E-state index >= 15 is 0 Å². The van der Waals surface area contributed by atoms with Gasteiger partial charge in [-0.25, -0.2) is 22.2 Å². The van der Waals surface area contributed by atoms with Crippen LogP contribution in [-0.2, 0) is 35.1 Å². The maximum atomic E-state index is 13.7. The standard InChI is InChI=1S/C23H23N3O8S2/c1-32-20-11-12-24-18(22(20)33-2)14-35(29)23-25-17-5-3-4-6-19(17)26(23)36(30,31)16-9-7-15(8-10-16)34-13-21(27)28/h3-10,12,20H,11,13-14H2,1-2H3,(H,27,28). The van der Waals surface area contributed by atoms with Gasteiger partial charge in [0.05, 0.1) is 45.3 Å². The number of methoxy groups -OCH3 is 2. The first-order valence-corrected chi connectivity index (χ1v) is 13.4. The highest BCUT2D eigenvalue weighted by atomic mass is 32.2. The SMILES string of the molecule is COC1=C(CS(=O)c2nc3ccccc3n2S(=O)(=O)c2ccc(OCC(=O)O)cc2)N=CCC1OC. The van der Waals surface area contributed by atoms with Gasteiger partial charge in [-0.2, -0.15) is 0 Å². The molecule has 3 aromatic rings. The molecular formula is C23H23N3O8S2. The van der Waals surface area contributed by atoms with Crippen LogP contribution in [0.25, 0.3) is 11.0 Å². The number of carboxylic acid groups (broad SMARTS) is 1. The minimum atomic E-state index is -4.24. The molecule has 190 valence electrons. The molecule has 1 aliphatic heterocycles. The highest BCUT2D eigenvalue weighted by molar-refractivity contribution is 7.91. The summed E-state index contributed by atoms with van der Waals surface area (Å²) in [5, 5.41) is 8.59. The maximum Gasteiger partial charge on any atom is 0.341 e. The molecule has 0 saturated carbocycles. The van der Waals surface area contributed by atoms with Crippen molar-refractivity contribution >= 4 is 44.0 Å². The van der Waals surface area contributed by atoms with Crippen LogP contribution in [0.3, 0.4) is 0 Å². The fourth-order valence-corrected chi connectivity index (χ4v) is 6.65. The molecule has 2 heterocycles. The molecule has 1 N–H and O–H groups in total. The molecule has 2 unspecified atom stereocenters. The molecule has 0 fully saturated rings. The Bertz CT molecular complexity index is 1480. The topological polar surface area (TPSA) is 146 Å². The third-order valence-electron chi connectivity index (χ3n) is 5.33. The lowest BCUT2D eigenvalue weighted by molar-refractivity contribution is -0.139. The number of aliphatic carboxylic acids is 1. The van der Waals surface area contributed by atoms with Crippen molar-refractivity contribution in [2.24, 2.45) is 4.99 Å². The Balaban J connectivity index is 1.75. The smallest absolute Gasteiger partial charge is 0.341 e. The lowest BCUT2D eigenvalue weighted by Gasteiger charge is -2.21. The number of nitrogens with zero attached hydrogens (tertiary/aromatic N) is 3. The molecule has 11 nitrogen and oxygen atoms in total. The first kappa shape index (κ1) is 25.5. The normalized spacial score (nSPS) is 16.8. The van der Waals surface area contributed by atoms with Crippen molar-refractivity contribution in [2.45, 2.75) is 22.6 Å². The number of imidazole rings is 1. The molecule has 0 amide bonds. The number of carboxylic acids is 1. The largest absolute Gasteiger partial charge is 0.496 e. The molecule has 0 aliphatic carbocycles. The Morgan fingerprint density at radius 3 is 2.56 bits per heavy atom. The minimum absolute atomic E-state index is 0.112. The molecule has 2 aromatic carbocycles. The molecule has 0 saturated heterocycles. The van der Waals surface area contributed by atoms with Gasteiger partial charge in [0.2, 0.25) is 5.16 Å². The number of aliphatic imine (C=N–C) groups is 1. The third kappa shape index (κ3) is 5.03. The number of hydrogen-bond donors (Lipinski definition) is 1. The van der Waals surface area contributed by atoms with Crippen molar-refractivity contribution in [2.75, 3.05) is 26.6 Å². The van der Waals surface area contributed by atoms with Crippen molar-refractivity contribution in [3.63, 3.8) is 0 Å². The van der Waals surface area contributed by atoms with Gasteiger partial charge >= 0.3 is 5.97 Å². The van der Waals surface area contributed by atoms with E-state index in [4.69, 9.17) is 19.3 Å². The zero-order chi connectivity index (χ0) is 25.9. The number of hydrogen-bond acceptors (Lipinski definition) is 9. The van der Waals surface area contributed by atoms with E-state index in [0.29, 0.717) is 23.4 Å². The summed E-state index contributed by atoms with van der Waals surface area (Å²) in [4.78, 5) is 19.3. The molecule has 0 spiro atoms. The van der Waals surface area contributed by atoms with Crippen LogP contribution in [0.5, 0.6) is 5.75 Å². The van der Waals surface area contributed by atoms with E-state index in [0.717, 1.165) is 3.97 Å². The van der Waals surface area contributed by atoms with Gasteiger partial charge in [-0.05, 0) is 36.4 Å². The van der Waals surface area contributed by atoms with E-state index in [2.05, 4.69) is 9.98 Å². The van der Waals surface area contributed by atoms with Gasteiger partial charge in [-0.15, -0.1) is 0 Å². The second-order valence-electron chi connectivity index (χ2n) is 7.58. The predicted molar refractivity (Wildman–Crippen MR) is 131 cm³/mol. The molecule has 0 bridgehead atoms. The number of rotatable bonds is 10. The Labute approximate surface area is 209 Å². The molecule has 4 rings (SSSR count). The Morgan fingerprint density at radius 1 is 1.17 bits per heavy atom. The first-order chi connectivity index (χ1) is 17.3. The fourth-order valence-electron chi connectivity index (χ4n) is 3.68. The quantitative estimate of drug-likeness (QED) is 0.414. The summed E-state index contributed by atoms with van der Waals surface area (Å²) in [6.45, 7) is -0.562.